The second-order valence-electron chi connectivity index (χ2n) is 10.4. The molecular weight excluding hydrogens is 474 g/mol. The average Bonchev–Trinajstić information content (AvgIpc) is 3.68. The summed E-state index contributed by atoms with van der Waals surface area (Å²) < 4.78 is 0. The van der Waals surface area contributed by atoms with Crippen LogP contribution in [0.2, 0.25) is 0 Å². The summed E-state index contributed by atoms with van der Waals surface area (Å²) in [6.45, 7) is 0. The lowest BCUT2D eigenvalue weighted by Gasteiger charge is -2.11. The molecule has 3 aromatic heterocycles. The molecule has 9 aromatic rings. The van der Waals surface area contributed by atoms with E-state index in [4.69, 9.17) is 0 Å². The molecule has 3 N–H and O–H groups in total. The summed E-state index contributed by atoms with van der Waals surface area (Å²) in [5, 5.41) is 7.45. The number of hydrogen-bond acceptors (Lipinski definition) is 0. The molecule has 0 aliphatic carbocycles. The molecule has 0 aliphatic heterocycles. The first-order valence-corrected chi connectivity index (χ1v) is 13.4. The second kappa shape index (κ2) is 7.62. The maximum atomic E-state index is 3.94. The number of aromatic nitrogens is 3. The molecule has 182 valence electrons. The van der Waals surface area contributed by atoms with Crippen LogP contribution in [0, 0.1) is 0 Å². The molecule has 0 unspecified atom stereocenters. The van der Waals surface area contributed by atoms with Crippen LogP contribution in [-0.4, -0.2) is 15.0 Å². The van der Waals surface area contributed by atoms with E-state index in [0.29, 0.717) is 0 Å². The summed E-state index contributed by atoms with van der Waals surface area (Å²) in [5.41, 5.74) is 11.9. The fourth-order valence-corrected chi connectivity index (χ4v) is 6.65. The van der Waals surface area contributed by atoms with Gasteiger partial charge in [0, 0.05) is 48.9 Å². The van der Waals surface area contributed by atoms with Gasteiger partial charge in [-0.2, -0.15) is 0 Å². The first-order valence-electron chi connectivity index (χ1n) is 13.4. The van der Waals surface area contributed by atoms with Crippen molar-refractivity contribution in [1.82, 2.24) is 15.0 Å². The number of fused-ring (bicyclic) bond motifs is 12. The molecule has 0 amide bonds. The molecule has 6 aromatic carbocycles. The first kappa shape index (κ1) is 20.7. The minimum absolute atomic E-state index is 1.15. The molecule has 0 fully saturated rings. The summed E-state index contributed by atoms with van der Waals surface area (Å²) in [4.78, 5) is 11.5. The van der Waals surface area contributed by atoms with Gasteiger partial charge in [0.15, 0.2) is 0 Å². The molecule has 3 heterocycles. The number of H-pyrrole nitrogens is 3. The van der Waals surface area contributed by atoms with Gasteiger partial charge in [-0.05, 0) is 28.8 Å². The van der Waals surface area contributed by atoms with Crippen LogP contribution in [0.4, 0.5) is 0 Å². The van der Waals surface area contributed by atoms with E-state index in [-0.39, 0.29) is 0 Å². The summed E-state index contributed by atoms with van der Waals surface area (Å²) >= 11 is 0. The van der Waals surface area contributed by atoms with Crippen LogP contribution in [0.5, 0.6) is 0 Å². The van der Waals surface area contributed by atoms with Gasteiger partial charge < -0.3 is 15.0 Å². The Labute approximate surface area is 223 Å². The number of rotatable bonds is 2. The average molecular weight is 498 g/mol. The molecule has 0 saturated carbocycles. The van der Waals surface area contributed by atoms with Gasteiger partial charge in [-0.1, -0.05) is 109 Å². The first-order chi connectivity index (χ1) is 19.4. The van der Waals surface area contributed by atoms with Crippen molar-refractivity contribution in [2.24, 2.45) is 0 Å². The predicted molar refractivity (Wildman–Crippen MR) is 165 cm³/mol. The number of aromatic amines is 3. The number of hydrogen-bond donors (Lipinski definition) is 3. The molecule has 3 heteroatoms. The Morgan fingerprint density at radius 1 is 0.308 bits per heavy atom. The van der Waals surface area contributed by atoms with Crippen LogP contribution >= 0.6 is 0 Å². The number of nitrogens with one attached hydrogen (secondary N) is 3. The lowest BCUT2D eigenvalue weighted by molar-refractivity contribution is 1.53. The van der Waals surface area contributed by atoms with E-state index >= 15 is 0 Å². The zero-order valence-corrected chi connectivity index (χ0v) is 21.0. The highest BCUT2D eigenvalue weighted by Crippen LogP contribution is 2.46. The number of benzene rings is 6. The minimum Gasteiger partial charge on any atom is -0.354 e. The standard InChI is InChI=1S/C36H23N3/c1-2-11-21(12-3-1)22-13-4-5-14-23(22)24-17-10-18-27-32-35-30(25-15-6-8-19-28(25)38-35)34-31(36(32)39-33(24)27)26-16-7-9-20-29(26)37-34/h1-20,37-39H. The summed E-state index contributed by atoms with van der Waals surface area (Å²) in [7, 11) is 0. The number of para-hydroxylation sites is 3. The van der Waals surface area contributed by atoms with Gasteiger partial charge in [-0.15, -0.1) is 0 Å². The molecule has 0 saturated heterocycles. The van der Waals surface area contributed by atoms with Crippen molar-refractivity contribution in [1.29, 1.82) is 0 Å². The van der Waals surface area contributed by atoms with Crippen molar-refractivity contribution < 1.29 is 0 Å². The monoisotopic (exact) mass is 497 g/mol. The fourth-order valence-electron chi connectivity index (χ4n) is 6.65. The zero-order valence-electron chi connectivity index (χ0n) is 21.0. The maximum Gasteiger partial charge on any atom is 0.0588 e. The quantitative estimate of drug-likeness (QED) is 0.213. The fraction of sp³-hybridized carbons (Fsp3) is 0. The van der Waals surface area contributed by atoms with E-state index in [9.17, 15) is 0 Å². The Morgan fingerprint density at radius 2 is 0.795 bits per heavy atom. The van der Waals surface area contributed by atoms with Gasteiger partial charge >= 0.3 is 0 Å². The molecule has 9 rings (SSSR count). The lowest BCUT2D eigenvalue weighted by Crippen LogP contribution is -1.86. The van der Waals surface area contributed by atoms with Crippen molar-refractivity contribution >= 4 is 65.4 Å². The van der Waals surface area contributed by atoms with E-state index in [1.807, 2.05) is 0 Å². The van der Waals surface area contributed by atoms with Crippen LogP contribution in [0.3, 0.4) is 0 Å². The van der Waals surface area contributed by atoms with Crippen molar-refractivity contribution in [3.63, 3.8) is 0 Å². The third-order valence-corrected chi connectivity index (χ3v) is 8.30. The minimum atomic E-state index is 1.15. The van der Waals surface area contributed by atoms with Crippen LogP contribution in [0.1, 0.15) is 0 Å². The molecular formula is C36H23N3. The van der Waals surface area contributed by atoms with E-state index in [0.717, 1.165) is 16.6 Å². The Morgan fingerprint density at radius 3 is 1.49 bits per heavy atom. The lowest BCUT2D eigenvalue weighted by atomic mass is 9.93. The Kier molecular flexibility index (Phi) is 4.05. The largest absolute Gasteiger partial charge is 0.354 e. The van der Waals surface area contributed by atoms with Crippen molar-refractivity contribution in [2.75, 3.05) is 0 Å². The van der Waals surface area contributed by atoms with Gasteiger partial charge in [0.05, 0.1) is 22.1 Å². The Bertz CT molecular complexity index is 2380. The second-order valence-corrected chi connectivity index (χ2v) is 10.4. The topological polar surface area (TPSA) is 47.4 Å². The predicted octanol–water partition coefficient (Wildman–Crippen LogP) is 9.92. The van der Waals surface area contributed by atoms with Gasteiger partial charge in [0.25, 0.3) is 0 Å². The van der Waals surface area contributed by atoms with Crippen molar-refractivity contribution in [3.8, 4) is 22.3 Å². The molecule has 3 nitrogen and oxygen atoms in total. The van der Waals surface area contributed by atoms with Crippen molar-refractivity contribution in [2.45, 2.75) is 0 Å². The molecule has 0 aliphatic rings. The van der Waals surface area contributed by atoms with Crippen LogP contribution in [0.25, 0.3) is 87.7 Å². The van der Waals surface area contributed by atoms with Gasteiger partial charge in [-0.25, -0.2) is 0 Å². The smallest absolute Gasteiger partial charge is 0.0588 e. The molecule has 0 radical (unpaired) electrons. The van der Waals surface area contributed by atoms with Crippen LogP contribution in [-0.2, 0) is 0 Å². The molecule has 0 bridgehead atoms. The van der Waals surface area contributed by atoms with Gasteiger partial charge in [0.2, 0.25) is 0 Å². The highest BCUT2D eigenvalue weighted by Gasteiger charge is 2.22. The molecule has 0 spiro atoms. The van der Waals surface area contributed by atoms with E-state index < -0.39 is 0 Å². The van der Waals surface area contributed by atoms with Crippen LogP contribution in [0.15, 0.2) is 121 Å². The highest BCUT2D eigenvalue weighted by molar-refractivity contribution is 6.39. The normalized spacial score (nSPS) is 12.1. The highest BCUT2D eigenvalue weighted by atomic mass is 14.8. The Hall–Kier alpha value is -5.28. The third kappa shape index (κ3) is 2.76. The third-order valence-electron chi connectivity index (χ3n) is 8.30. The van der Waals surface area contributed by atoms with Crippen molar-refractivity contribution in [3.05, 3.63) is 121 Å². The molecule has 39 heavy (non-hydrogen) atoms. The van der Waals surface area contributed by atoms with E-state index in [1.165, 1.54) is 71.1 Å². The summed E-state index contributed by atoms with van der Waals surface area (Å²) in [6.07, 6.45) is 0. The van der Waals surface area contributed by atoms with Crippen LogP contribution < -0.4 is 0 Å². The Balaban J connectivity index is 1.50. The summed E-state index contributed by atoms with van der Waals surface area (Å²) in [5.74, 6) is 0. The van der Waals surface area contributed by atoms with Gasteiger partial charge in [-0.3, -0.25) is 0 Å². The van der Waals surface area contributed by atoms with E-state index in [2.05, 4.69) is 136 Å². The SMILES string of the molecule is c1ccc(-c2ccccc2-c2cccc3c2[nH]c2c4c5ccccc5[nH]c4c4c5ccccc5[nH]c4c32)cc1. The maximum absolute atomic E-state index is 3.94. The zero-order chi connectivity index (χ0) is 25.5. The van der Waals surface area contributed by atoms with E-state index in [1.54, 1.807) is 0 Å². The van der Waals surface area contributed by atoms with Gasteiger partial charge in [0.1, 0.15) is 0 Å². The summed E-state index contributed by atoms with van der Waals surface area (Å²) in [6, 6.07) is 43.3. The molecule has 0 atom stereocenters.